The average molecular weight is 652 g/mol. The summed E-state index contributed by atoms with van der Waals surface area (Å²) in [7, 11) is 1.70. The minimum absolute atomic E-state index is 0.156. The number of hydrogen-bond acceptors (Lipinski definition) is 4. The number of aliphatic hydroxyl groups is 1. The molecule has 0 radical (unpaired) electrons. The Labute approximate surface area is 289 Å². The first kappa shape index (κ1) is 34.4. The van der Waals surface area contributed by atoms with E-state index < -0.39 is 5.54 Å². The second kappa shape index (κ2) is 14.2. The number of hydrogen-bond donors (Lipinski definition) is 1. The Kier molecular flexibility index (Phi) is 10.1. The minimum atomic E-state index is -0.405. The molecule has 6 nitrogen and oxygen atoms in total. The van der Waals surface area contributed by atoms with Crippen LogP contribution in [0.25, 0.3) is 0 Å². The van der Waals surface area contributed by atoms with Gasteiger partial charge >= 0.3 is 6.03 Å². The number of methoxy groups -OCH3 is 1. The first-order valence-electron chi connectivity index (χ1n) is 18.6. The van der Waals surface area contributed by atoms with E-state index in [-0.39, 0.29) is 23.7 Å². The molecule has 2 saturated carbocycles. The molecule has 1 N–H and O–H groups in total. The van der Waals surface area contributed by atoms with Crippen molar-refractivity contribution in [2.24, 2.45) is 5.92 Å². The molecule has 1 saturated heterocycles. The van der Waals surface area contributed by atoms with Crippen LogP contribution in [0.2, 0.25) is 0 Å². The summed E-state index contributed by atoms with van der Waals surface area (Å²) in [4.78, 5) is 22.0. The third-order valence-electron chi connectivity index (χ3n) is 12.6. The number of aliphatic hydroxyl groups excluding tert-OH is 1. The monoisotopic (exact) mass is 651 g/mol. The van der Waals surface area contributed by atoms with Gasteiger partial charge in [0.1, 0.15) is 5.75 Å². The maximum absolute atomic E-state index is 14.8. The van der Waals surface area contributed by atoms with Gasteiger partial charge in [0.15, 0.2) is 0 Å². The molecular weight excluding hydrogens is 594 g/mol. The fourth-order valence-corrected chi connectivity index (χ4v) is 9.25. The molecule has 1 aliphatic heterocycles. The smallest absolute Gasteiger partial charge is 0.321 e. The number of carbonyl (C=O) groups is 1. The Morgan fingerprint density at radius 3 is 2.21 bits per heavy atom. The predicted octanol–water partition coefficient (Wildman–Crippen LogP) is 8.69. The molecule has 2 amide bonds. The van der Waals surface area contributed by atoms with Crippen LogP contribution in [0.15, 0.2) is 72.8 Å². The molecule has 48 heavy (non-hydrogen) atoms. The predicted molar refractivity (Wildman–Crippen MR) is 196 cm³/mol. The van der Waals surface area contributed by atoms with Crippen LogP contribution >= 0.6 is 0 Å². The summed E-state index contributed by atoms with van der Waals surface area (Å²) in [6.07, 6.45) is 10.1. The summed E-state index contributed by atoms with van der Waals surface area (Å²) < 4.78 is 5.48. The molecule has 6 heteroatoms. The first-order chi connectivity index (χ1) is 23.3. The van der Waals surface area contributed by atoms with Crippen molar-refractivity contribution in [3.63, 3.8) is 0 Å². The molecule has 1 spiro atoms. The van der Waals surface area contributed by atoms with Gasteiger partial charge in [0, 0.05) is 31.9 Å². The van der Waals surface area contributed by atoms with Crippen molar-refractivity contribution >= 4 is 11.7 Å². The van der Waals surface area contributed by atoms with E-state index in [1.54, 1.807) is 7.11 Å². The van der Waals surface area contributed by atoms with Crippen molar-refractivity contribution < 1.29 is 14.6 Å². The standard InChI is InChI=1S/C42H57N3O3/c1-6-37-33(24-29-46)16-13-19-38(37)43(8-3)42(35-17-10-9-11-18-35)27-25-41(26-28-42)31-45(39(47)44(41)30-32-14-12-15-32)40(4,7-2)34-20-22-36(48-5)23-21-34/h9-11,13,16-23,32,46H,6-8,12,14-15,24-31H2,1-5H3. The Bertz CT molecular complexity index is 1530. The molecule has 6 rings (SSSR count). The van der Waals surface area contributed by atoms with Gasteiger partial charge in [0.2, 0.25) is 0 Å². The van der Waals surface area contributed by atoms with Crippen LogP contribution in [0.1, 0.15) is 101 Å². The van der Waals surface area contributed by atoms with Gasteiger partial charge in [0.25, 0.3) is 0 Å². The van der Waals surface area contributed by atoms with E-state index in [2.05, 4.69) is 103 Å². The number of amides is 2. The minimum Gasteiger partial charge on any atom is -0.497 e. The number of carbonyl (C=O) groups excluding carboxylic acids is 1. The first-order valence-corrected chi connectivity index (χ1v) is 18.6. The molecule has 3 aromatic carbocycles. The van der Waals surface area contributed by atoms with E-state index in [0.717, 1.165) is 63.9 Å². The second-order valence-corrected chi connectivity index (χ2v) is 14.7. The molecule has 3 aromatic rings. The lowest BCUT2D eigenvalue weighted by molar-refractivity contribution is 0.0626. The van der Waals surface area contributed by atoms with Crippen molar-refractivity contribution in [3.8, 4) is 5.75 Å². The number of rotatable bonds is 13. The van der Waals surface area contributed by atoms with Gasteiger partial charge in [-0.05, 0) is 118 Å². The number of urea groups is 1. The molecule has 0 bridgehead atoms. The van der Waals surface area contributed by atoms with E-state index in [1.807, 2.05) is 12.1 Å². The highest BCUT2D eigenvalue weighted by molar-refractivity contribution is 5.79. The van der Waals surface area contributed by atoms with E-state index in [9.17, 15) is 9.90 Å². The highest BCUT2D eigenvalue weighted by atomic mass is 16.5. The van der Waals surface area contributed by atoms with Gasteiger partial charge in [-0.25, -0.2) is 4.79 Å². The third-order valence-corrected chi connectivity index (χ3v) is 12.6. The van der Waals surface area contributed by atoms with Crippen LogP contribution < -0.4 is 9.64 Å². The fraction of sp³-hybridized carbons (Fsp3) is 0.548. The second-order valence-electron chi connectivity index (χ2n) is 14.7. The van der Waals surface area contributed by atoms with Crippen molar-refractivity contribution in [1.82, 2.24) is 9.80 Å². The topological polar surface area (TPSA) is 56.2 Å². The number of benzene rings is 3. The normalized spacial score (nSPS) is 24.1. The summed E-state index contributed by atoms with van der Waals surface area (Å²) in [5.74, 6) is 1.44. The average Bonchev–Trinajstić information content (AvgIpc) is 3.38. The maximum Gasteiger partial charge on any atom is 0.321 e. The molecular formula is C42H57N3O3. The lowest BCUT2D eigenvalue weighted by Gasteiger charge is -2.54. The molecule has 3 aliphatic rings. The van der Waals surface area contributed by atoms with Gasteiger partial charge in [-0.1, -0.05) is 74.9 Å². The quantitative estimate of drug-likeness (QED) is 0.201. The Morgan fingerprint density at radius 2 is 1.65 bits per heavy atom. The largest absolute Gasteiger partial charge is 0.497 e. The Morgan fingerprint density at radius 1 is 0.938 bits per heavy atom. The van der Waals surface area contributed by atoms with Crippen molar-refractivity contribution in [1.29, 1.82) is 0 Å². The lowest BCUT2D eigenvalue weighted by atomic mass is 9.67. The lowest BCUT2D eigenvalue weighted by Crippen LogP contribution is -2.58. The summed E-state index contributed by atoms with van der Waals surface area (Å²) >= 11 is 0. The van der Waals surface area contributed by atoms with Crippen LogP contribution in [-0.4, -0.2) is 59.8 Å². The SMILES string of the molecule is CCc1c(CCO)cccc1N(CC)C1(c2ccccc2)CCC2(CC1)CN(C(C)(CC)c1ccc(OC)cc1)C(=O)N2CC1CCC1. The van der Waals surface area contributed by atoms with Gasteiger partial charge in [0.05, 0.1) is 23.7 Å². The van der Waals surface area contributed by atoms with Crippen molar-refractivity contribution in [2.45, 2.75) is 109 Å². The number of anilines is 1. The summed E-state index contributed by atoms with van der Waals surface area (Å²) in [5, 5.41) is 9.89. The van der Waals surface area contributed by atoms with Crippen LogP contribution in [0.3, 0.4) is 0 Å². The Balaban J connectivity index is 1.39. The van der Waals surface area contributed by atoms with E-state index >= 15 is 0 Å². The zero-order valence-corrected chi connectivity index (χ0v) is 30.0. The highest BCUT2D eigenvalue weighted by Crippen LogP contribution is 2.53. The third kappa shape index (κ3) is 5.88. The number of ether oxygens (including phenoxy) is 1. The Hall–Kier alpha value is -3.51. The summed E-state index contributed by atoms with van der Waals surface area (Å²) in [6.45, 7) is 11.7. The maximum atomic E-state index is 14.8. The van der Waals surface area contributed by atoms with Crippen LogP contribution in [0.5, 0.6) is 5.75 Å². The van der Waals surface area contributed by atoms with E-state index in [4.69, 9.17) is 4.74 Å². The zero-order chi connectivity index (χ0) is 33.9. The van der Waals surface area contributed by atoms with Crippen LogP contribution in [0, 0.1) is 5.92 Å². The fourth-order valence-electron chi connectivity index (χ4n) is 9.25. The highest BCUT2D eigenvalue weighted by Gasteiger charge is 2.58. The molecule has 258 valence electrons. The summed E-state index contributed by atoms with van der Waals surface area (Å²) in [6, 6.07) is 26.3. The van der Waals surface area contributed by atoms with E-state index in [1.165, 1.54) is 47.2 Å². The van der Waals surface area contributed by atoms with Gasteiger partial charge in [-0.2, -0.15) is 0 Å². The molecule has 1 unspecified atom stereocenters. The van der Waals surface area contributed by atoms with Crippen molar-refractivity contribution in [2.75, 3.05) is 38.3 Å². The number of nitrogens with zero attached hydrogens (tertiary/aromatic N) is 3. The van der Waals surface area contributed by atoms with Gasteiger partial charge < -0.3 is 24.5 Å². The van der Waals surface area contributed by atoms with Crippen LogP contribution in [-0.2, 0) is 23.9 Å². The zero-order valence-electron chi connectivity index (χ0n) is 30.0. The van der Waals surface area contributed by atoms with E-state index in [0.29, 0.717) is 12.3 Å². The molecule has 0 aromatic heterocycles. The summed E-state index contributed by atoms with van der Waals surface area (Å²) in [5.41, 5.74) is 5.62. The molecule has 3 fully saturated rings. The molecule has 2 aliphatic carbocycles. The molecule has 1 heterocycles. The van der Waals surface area contributed by atoms with Gasteiger partial charge in [-0.3, -0.25) is 0 Å². The molecule has 1 atom stereocenters. The van der Waals surface area contributed by atoms with Crippen LogP contribution in [0.4, 0.5) is 10.5 Å². The van der Waals surface area contributed by atoms with Crippen molar-refractivity contribution in [3.05, 3.63) is 95.1 Å². The van der Waals surface area contributed by atoms with Gasteiger partial charge in [-0.15, -0.1) is 0 Å².